The summed E-state index contributed by atoms with van der Waals surface area (Å²) in [6.07, 6.45) is 0.294. The number of para-hydroxylation sites is 1. The Hall–Kier alpha value is -2.35. The minimum Gasteiger partial charge on any atom is -0.494 e. The Bertz CT molecular complexity index is 934. The van der Waals surface area contributed by atoms with Crippen LogP contribution in [-0.2, 0) is 4.79 Å². The molecule has 0 atom stereocenters. The van der Waals surface area contributed by atoms with Crippen LogP contribution in [0.15, 0.2) is 48.5 Å². The van der Waals surface area contributed by atoms with Gasteiger partial charge in [-0.3, -0.25) is 9.69 Å². The van der Waals surface area contributed by atoms with Crippen molar-refractivity contribution in [2.75, 3.05) is 45.3 Å². The molecule has 0 saturated carbocycles. The Kier molecular flexibility index (Phi) is 9.36. The lowest BCUT2D eigenvalue weighted by Crippen LogP contribution is -2.37. The van der Waals surface area contributed by atoms with Gasteiger partial charge in [-0.05, 0) is 51.4 Å². The molecule has 1 aromatic heterocycles. The molecule has 0 aliphatic carbocycles. The first-order valence-electron chi connectivity index (χ1n) is 9.73. The van der Waals surface area contributed by atoms with Crippen LogP contribution in [0.25, 0.3) is 10.2 Å². The fraction of sp³-hybridized carbons (Fsp3) is 0.364. The van der Waals surface area contributed by atoms with Crippen LogP contribution in [0.3, 0.4) is 0 Å². The molecule has 0 radical (unpaired) electrons. The van der Waals surface area contributed by atoms with Crippen molar-refractivity contribution in [3.63, 3.8) is 0 Å². The lowest BCUT2D eigenvalue weighted by molar-refractivity contribution is -0.119. The van der Waals surface area contributed by atoms with Gasteiger partial charge in [0, 0.05) is 13.1 Å². The number of carbonyl (C=O) groups is 1. The van der Waals surface area contributed by atoms with Crippen molar-refractivity contribution in [2.24, 2.45) is 0 Å². The molecule has 0 aliphatic heterocycles. The third-order valence-corrected chi connectivity index (χ3v) is 5.33. The van der Waals surface area contributed by atoms with Crippen LogP contribution < -0.4 is 14.4 Å². The molecule has 3 rings (SSSR count). The van der Waals surface area contributed by atoms with Crippen molar-refractivity contribution in [1.29, 1.82) is 0 Å². The van der Waals surface area contributed by atoms with E-state index in [1.54, 1.807) is 4.90 Å². The molecule has 162 valence electrons. The maximum atomic E-state index is 13.0. The van der Waals surface area contributed by atoms with Crippen LogP contribution in [0, 0.1) is 0 Å². The zero-order valence-corrected chi connectivity index (χ0v) is 19.2. The van der Waals surface area contributed by atoms with Crippen molar-refractivity contribution < 1.29 is 14.3 Å². The van der Waals surface area contributed by atoms with Crippen molar-refractivity contribution in [3.8, 4) is 11.5 Å². The molecule has 0 N–H and O–H groups in total. The number of ether oxygens (including phenoxy) is 2. The summed E-state index contributed by atoms with van der Waals surface area (Å²) < 4.78 is 12.3. The number of hydrogen-bond donors (Lipinski definition) is 0. The summed E-state index contributed by atoms with van der Waals surface area (Å²) in [5, 5.41) is 0.709. The summed E-state index contributed by atoms with van der Waals surface area (Å²) >= 11 is 1.51. The van der Waals surface area contributed by atoms with E-state index in [1.807, 2.05) is 69.6 Å². The highest BCUT2D eigenvalue weighted by Crippen LogP contribution is 2.31. The van der Waals surface area contributed by atoms with Gasteiger partial charge in [0.1, 0.15) is 11.5 Å². The van der Waals surface area contributed by atoms with Crippen LogP contribution in [0.5, 0.6) is 11.5 Å². The van der Waals surface area contributed by atoms with E-state index in [0.717, 1.165) is 28.3 Å². The lowest BCUT2D eigenvalue weighted by atomic mass is 10.3. The van der Waals surface area contributed by atoms with Gasteiger partial charge in [0.15, 0.2) is 5.13 Å². The third-order valence-electron chi connectivity index (χ3n) is 4.29. The summed E-state index contributed by atoms with van der Waals surface area (Å²) in [6, 6.07) is 15.4. The predicted molar refractivity (Wildman–Crippen MR) is 125 cm³/mol. The summed E-state index contributed by atoms with van der Waals surface area (Å²) in [7, 11) is 3.99. The van der Waals surface area contributed by atoms with Gasteiger partial charge in [-0.15, -0.1) is 12.4 Å². The molecule has 1 amide bonds. The SMILES string of the molecule is CCOc1ccc2nc(N(CCN(C)C)C(=O)CCOc3ccccc3)sc2c1.Cl. The fourth-order valence-electron chi connectivity index (χ4n) is 2.80. The Labute approximate surface area is 187 Å². The number of fused-ring (bicyclic) bond motifs is 1. The van der Waals surface area contributed by atoms with Gasteiger partial charge in [0.25, 0.3) is 0 Å². The maximum absolute atomic E-state index is 13.0. The molecular formula is C22H28ClN3O3S. The molecule has 2 aromatic carbocycles. The largest absolute Gasteiger partial charge is 0.494 e. The number of nitrogens with zero attached hydrogens (tertiary/aromatic N) is 3. The number of likely N-dealkylation sites (N-methyl/N-ethyl adjacent to an activating group) is 1. The third kappa shape index (κ3) is 6.58. The van der Waals surface area contributed by atoms with E-state index >= 15 is 0 Å². The first-order valence-corrected chi connectivity index (χ1v) is 10.5. The molecular weight excluding hydrogens is 422 g/mol. The minimum atomic E-state index is 0. The zero-order valence-electron chi connectivity index (χ0n) is 17.5. The molecule has 30 heavy (non-hydrogen) atoms. The Morgan fingerprint density at radius 2 is 1.80 bits per heavy atom. The van der Waals surface area contributed by atoms with E-state index in [4.69, 9.17) is 9.47 Å². The van der Waals surface area contributed by atoms with E-state index in [2.05, 4.69) is 9.88 Å². The number of aromatic nitrogens is 1. The second-order valence-electron chi connectivity index (χ2n) is 6.82. The molecule has 0 bridgehead atoms. The molecule has 0 unspecified atom stereocenters. The molecule has 0 saturated heterocycles. The molecule has 8 heteroatoms. The van der Waals surface area contributed by atoms with Crippen LogP contribution in [-0.4, -0.2) is 56.2 Å². The van der Waals surface area contributed by atoms with Gasteiger partial charge in [-0.1, -0.05) is 29.5 Å². The van der Waals surface area contributed by atoms with E-state index in [0.29, 0.717) is 31.3 Å². The van der Waals surface area contributed by atoms with Crippen molar-refractivity contribution in [3.05, 3.63) is 48.5 Å². The monoisotopic (exact) mass is 449 g/mol. The summed E-state index contributed by atoms with van der Waals surface area (Å²) in [5.74, 6) is 1.59. The Balaban J connectivity index is 0.00000320. The minimum absolute atomic E-state index is 0. The van der Waals surface area contributed by atoms with Crippen LogP contribution >= 0.6 is 23.7 Å². The Morgan fingerprint density at radius 3 is 2.50 bits per heavy atom. The van der Waals surface area contributed by atoms with Crippen molar-refractivity contribution in [1.82, 2.24) is 9.88 Å². The lowest BCUT2D eigenvalue weighted by Gasteiger charge is -2.22. The average Bonchev–Trinajstić information content (AvgIpc) is 3.12. The Morgan fingerprint density at radius 1 is 1.03 bits per heavy atom. The number of hydrogen-bond acceptors (Lipinski definition) is 6. The van der Waals surface area contributed by atoms with Crippen molar-refractivity contribution >= 4 is 45.0 Å². The first-order chi connectivity index (χ1) is 14.1. The highest BCUT2D eigenvalue weighted by molar-refractivity contribution is 7.22. The highest BCUT2D eigenvalue weighted by atomic mass is 35.5. The number of carbonyl (C=O) groups excluding carboxylic acids is 1. The summed E-state index contributed by atoms with van der Waals surface area (Å²) in [5.41, 5.74) is 0.872. The second kappa shape index (κ2) is 11.7. The van der Waals surface area contributed by atoms with Gasteiger partial charge >= 0.3 is 0 Å². The zero-order chi connectivity index (χ0) is 20.6. The highest BCUT2D eigenvalue weighted by Gasteiger charge is 2.20. The van der Waals surface area contributed by atoms with Gasteiger partial charge in [-0.25, -0.2) is 4.98 Å². The number of rotatable bonds is 10. The van der Waals surface area contributed by atoms with Gasteiger partial charge in [0.05, 0.1) is 29.9 Å². The van der Waals surface area contributed by atoms with E-state index < -0.39 is 0 Å². The molecule has 0 fully saturated rings. The standard InChI is InChI=1S/C22H27N3O3S.ClH/c1-4-27-18-10-11-19-20(16-18)29-22(23-19)25(14-13-24(2)3)21(26)12-15-28-17-8-6-5-7-9-17;/h5-11,16H,4,12-15H2,1-3H3;1H. The maximum Gasteiger partial charge on any atom is 0.232 e. The molecule has 1 heterocycles. The predicted octanol–water partition coefficient (Wildman–Crippen LogP) is 4.48. The van der Waals surface area contributed by atoms with Crippen LogP contribution in [0.4, 0.5) is 5.13 Å². The topological polar surface area (TPSA) is 54.9 Å². The number of amides is 1. The van der Waals surface area contributed by atoms with E-state index in [1.165, 1.54) is 11.3 Å². The van der Waals surface area contributed by atoms with Gasteiger partial charge < -0.3 is 14.4 Å². The van der Waals surface area contributed by atoms with Crippen molar-refractivity contribution in [2.45, 2.75) is 13.3 Å². The fourth-order valence-corrected chi connectivity index (χ4v) is 3.84. The van der Waals surface area contributed by atoms with Crippen LogP contribution in [0.2, 0.25) is 0 Å². The summed E-state index contributed by atoms with van der Waals surface area (Å²) in [6.45, 7) is 4.24. The number of thiazole rings is 1. The van der Waals surface area contributed by atoms with Crippen LogP contribution in [0.1, 0.15) is 13.3 Å². The van der Waals surface area contributed by atoms with E-state index in [-0.39, 0.29) is 18.3 Å². The molecule has 3 aromatic rings. The van der Waals surface area contributed by atoms with Gasteiger partial charge in [0.2, 0.25) is 5.91 Å². The number of benzene rings is 2. The second-order valence-corrected chi connectivity index (χ2v) is 7.83. The summed E-state index contributed by atoms with van der Waals surface area (Å²) in [4.78, 5) is 21.5. The smallest absolute Gasteiger partial charge is 0.232 e. The molecule has 0 spiro atoms. The molecule has 6 nitrogen and oxygen atoms in total. The van der Waals surface area contributed by atoms with E-state index in [9.17, 15) is 4.79 Å². The first kappa shape index (κ1) is 23.9. The number of anilines is 1. The normalized spacial score (nSPS) is 10.7. The van der Waals surface area contributed by atoms with Gasteiger partial charge in [-0.2, -0.15) is 0 Å². The molecule has 0 aliphatic rings. The quantitative estimate of drug-likeness (QED) is 0.456. The number of halogens is 1. The average molecular weight is 450 g/mol.